The fourth-order valence-electron chi connectivity index (χ4n) is 3.49. The molecule has 34 heavy (non-hydrogen) atoms. The van der Waals surface area contributed by atoms with E-state index in [9.17, 15) is 14.7 Å². The third-order valence-corrected chi connectivity index (χ3v) is 5.47. The fourth-order valence-corrected chi connectivity index (χ4v) is 3.76. The SMILES string of the molecule is COc1cc(/C=C2\C(=O)N(c3cccc(C(=O)O)c3)N=C2C)cc(Cl)c1OCc1ccccc1. The highest BCUT2D eigenvalue weighted by molar-refractivity contribution is 6.33. The molecule has 0 radical (unpaired) electrons. The molecule has 7 nitrogen and oxygen atoms in total. The van der Waals surface area contributed by atoms with Crippen LogP contribution in [0.15, 0.2) is 77.4 Å². The second kappa shape index (κ2) is 9.80. The van der Waals surface area contributed by atoms with Crippen molar-refractivity contribution in [2.24, 2.45) is 5.10 Å². The van der Waals surface area contributed by atoms with Crippen molar-refractivity contribution in [3.63, 3.8) is 0 Å². The molecule has 4 rings (SSSR count). The van der Waals surface area contributed by atoms with E-state index in [0.29, 0.717) is 45.7 Å². The zero-order chi connectivity index (χ0) is 24.2. The Morgan fingerprint density at radius 1 is 1.12 bits per heavy atom. The summed E-state index contributed by atoms with van der Waals surface area (Å²) in [6.45, 7) is 2.03. The highest BCUT2D eigenvalue weighted by Crippen LogP contribution is 2.38. The van der Waals surface area contributed by atoms with Crippen molar-refractivity contribution in [1.82, 2.24) is 0 Å². The van der Waals surface area contributed by atoms with Crippen LogP contribution < -0.4 is 14.5 Å². The van der Waals surface area contributed by atoms with Crippen molar-refractivity contribution in [3.8, 4) is 11.5 Å². The van der Waals surface area contributed by atoms with E-state index < -0.39 is 5.97 Å². The number of hydrogen-bond donors (Lipinski definition) is 1. The van der Waals surface area contributed by atoms with E-state index in [0.717, 1.165) is 5.56 Å². The minimum absolute atomic E-state index is 0.0678. The number of ether oxygens (including phenoxy) is 2. The maximum absolute atomic E-state index is 13.1. The van der Waals surface area contributed by atoms with Crippen LogP contribution in [0.25, 0.3) is 6.08 Å². The van der Waals surface area contributed by atoms with Crippen molar-refractivity contribution in [1.29, 1.82) is 0 Å². The van der Waals surface area contributed by atoms with Crippen molar-refractivity contribution in [2.75, 3.05) is 12.1 Å². The van der Waals surface area contributed by atoms with Crippen LogP contribution in [0.2, 0.25) is 5.02 Å². The van der Waals surface area contributed by atoms with Crippen LogP contribution in [-0.4, -0.2) is 29.8 Å². The second-order valence-corrected chi connectivity index (χ2v) is 7.93. The first-order valence-electron chi connectivity index (χ1n) is 10.4. The normalized spacial score (nSPS) is 14.3. The van der Waals surface area contributed by atoms with E-state index in [-0.39, 0.29) is 11.5 Å². The second-order valence-electron chi connectivity index (χ2n) is 7.52. The number of rotatable bonds is 7. The number of anilines is 1. The number of benzene rings is 3. The minimum atomic E-state index is -1.08. The Hall–Kier alpha value is -4.10. The van der Waals surface area contributed by atoms with Crippen LogP contribution in [0.4, 0.5) is 5.69 Å². The van der Waals surface area contributed by atoms with Gasteiger partial charge >= 0.3 is 5.97 Å². The minimum Gasteiger partial charge on any atom is -0.493 e. The Morgan fingerprint density at radius 3 is 2.59 bits per heavy atom. The first-order chi connectivity index (χ1) is 16.4. The van der Waals surface area contributed by atoms with Crippen LogP contribution in [0.1, 0.15) is 28.4 Å². The number of hydrogen-bond acceptors (Lipinski definition) is 5. The van der Waals surface area contributed by atoms with Gasteiger partial charge in [-0.15, -0.1) is 0 Å². The fraction of sp³-hybridized carbons (Fsp3) is 0.115. The molecule has 1 aliphatic rings. The summed E-state index contributed by atoms with van der Waals surface area (Å²) in [5.74, 6) is -0.618. The van der Waals surface area contributed by atoms with Crippen molar-refractivity contribution < 1.29 is 24.2 Å². The highest BCUT2D eigenvalue weighted by atomic mass is 35.5. The molecular formula is C26H21ClN2O5. The standard InChI is InChI=1S/C26H21ClN2O5/c1-16-21(25(30)29(28-16)20-10-6-9-19(14-20)26(31)32)11-18-12-22(27)24(23(13-18)33-2)34-15-17-7-4-3-5-8-17/h3-14H,15H2,1-2H3,(H,31,32)/b21-11-. The molecule has 1 aliphatic heterocycles. The van der Waals surface area contributed by atoms with Crippen LogP contribution in [-0.2, 0) is 11.4 Å². The van der Waals surface area contributed by atoms with E-state index in [1.165, 1.54) is 24.3 Å². The summed E-state index contributed by atoms with van der Waals surface area (Å²) in [5, 5.41) is 15.1. The van der Waals surface area contributed by atoms with Crippen LogP contribution in [0, 0.1) is 0 Å². The largest absolute Gasteiger partial charge is 0.493 e. The molecule has 0 aromatic heterocycles. The van der Waals surface area contributed by atoms with Crippen LogP contribution >= 0.6 is 11.6 Å². The first kappa shape index (κ1) is 23.1. The van der Waals surface area contributed by atoms with Crippen molar-refractivity contribution >= 4 is 41.0 Å². The Balaban J connectivity index is 1.60. The number of hydrazone groups is 1. The number of carbonyl (C=O) groups is 2. The predicted octanol–water partition coefficient (Wildman–Crippen LogP) is 5.43. The number of halogens is 1. The molecule has 3 aromatic carbocycles. The first-order valence-corrected chi connectivity index (χ1v) is 10.7. The number of amides is 1. The van der Waals surface area contributed by atoms with Gasteiger partial charge in [0.15, 0.2) is 11.5 Å². The third kappa shape index (κ3) is 4.79. The molecule has 8 heteroatoms. The Morgan fingerprint density at radius 2 is 1.88 bits per heavy atom. The molecule has 1 amide bonds. The molecule has 1 N–H and O–H groups in total. The number of methoxy groups -OCH3 is 1. The van der Waals surface area contributed by atoms with E-state index in [1.807, 2.05) is 30.3 Å². The van der Waals surface area contributed by atoms with Gasteiger partial charge in [0.1, 0.15) is 6.61 Å². The Kier molecular flexibility index (Phi) is 6.65. The predicted molar refractivity (Wildman–Crippen MR) is 131 cm³/mol. The van der Waals surface area contributed by atoms with Gasteiger partial charge in [-0.25, -0.2) is 4.79 Å². The summed E-state index contributed by atoms with van der Waals surface area (Å²) in [6.07, 6.45) is 1.66. The number of carboxylic acid groups (broad SMARTS) is 1. The molecule has 1 heterocycles. The average molecular weight is 477 g/mol. The van der Waals surface area contributed by atoms with Crippen LogP contribution in [0.3, 0.4) is 0 Å². The van der Waals surface area contributed by atoms with Gasteiger partial charge in [0.05, 0.1) is 34.7 Å². The maximum Gasteiger partial charge on any atom is 0.335 e. The van der Waals surface area contributed by atoms with E-state index in [2.05, 4.69) is 5.10 Å². The van der Waals surface area contributed by atoms with Gasteiger partial charge in [0.25, 0.3) is 5.91 Å². The zero-order valence-corrected chi connectivity index (χ0v) is 19.2. The zero-order valence-electron chi connectivity index (χ0n) is 18.5. The van der Waals surface area contributed by atoms with Crippen molar-refractivity contribution in [3.05, 3.63) is 94.0 Å². The maximum atomic E-state index is 13.1. The Labute approximate surface area is 201 Å². The van der Waals surface area contributed by atoms with Crippen LogP contribution in [0.5, 0.6) is 11.5 Å². The quantitative estimate of drug-likeness (QED) is 0.459. The van der Waals surface area contributed by atoms with Gasteiger partial charge in [-0.3, -0.25) is 4.79 Å². The number of carbonyl (C=O) groups excluding carboxylic acids is 1. The molecule has 0 saturated carbocycles. The summed E-state index contributed by atoms with van der Waals surface area (Å²) in [6, 6.07) is 19.1. The van der Waals surface area contributed by atoms with E-state index >= 15 is 0 Å². The molecule has 172 valence electrons. The lowest BCUT2D eigenvalue weighted by Crippen LogP contribution is -2.21. The lowest BCUT2D eigenvalue weighted by molar-refractivity contribution is -0.114. The molecule has 3 aromatic rings. The summed E-state index contributed by atoms with van der Waals surface area (Å²) < 4.78 is 11.4. The molecule has 0 aliphatic carbocycles. The summed E-state index contributed by atoms with van der Waals surface area (Å²) in [7, 11) is 1.52. The van der Waals surface area contributed by atoms with Gasteiger partial charge < -0.3 is 14.6 Å². The number of carboxylic acids is 1. The topological polar surface area (TPSA) is 88.4 Å². The summed E-state index contributed by atoms with van der Waals surface area (Å²) >= 11 is 6.49. The van der Waals surface area contributed by atoms with Gasteiger partial charge in [-0.1, -0.05) is 48.0 Å². The molecular weight excluding hydrogens is 456 g/mol. The molecule has 0 fully saturated rings. The molecule has 0 spiro atoms. The average Bonchev–Trinajstić information content (AvgIpc) is 3.12. The van der Waals surface area contributed by atoms with Gasteiger partial charge in [0, 0.05) is 0 Å². The number of aromatic carboxylic acids is 1. The molecule has 0 unspecified atom stereocenters. The smallest absolute Gasteiger partial charge is 0.335 e. The Bertz CT molecular complexity index is 1320. The molecule has 0 saturated heterocycles. The lowest BCUT2D eigenvalue weighted by Gasteiger charge is -2.14. The monoisotopic (exact) mass is 476 g/mol. The third-order valence-electron chi connectivity index (χ3n) is 5.19. The van der Waals surface area contributed by atoms with Gasteiger partial charge in [0.2, 0.25) is 0 Å². The van der Waals surface area contributed by atoms with Gasteiger partial charge in [-0.05, 0) is 54.5 Å². The summed E-state index contributed by atoms with van der Waals surface area (Å²) in [5.41, 5.74) is 2.91. The highest BCUT2D eigenvalue weighted by Gasteiger charge is 2.29. The molecule has 0 bridgehead atoms. The van der Waals surface area contributed by atoms with E-state index in [4.69, 9.17) is 21.1 Å². The van der Waals surface area contributed by atoms with Crippen molar-refractivity contribution in [2.45, 2.75) is 13.5 Å². The molecule has 0 atom stereocenters. The lowest BCUT2D eigenvalue weighted by atomic mass is 10.1. The van der Waals surface area contributed by atoms with Gasteiger partial charge in [-0.2, -0.15) is 10.1 Å². The number of nitrogens with zero attached hydrogens (tertiary/aromatic N) is 2. The van der Waals surface area contributed by atoms with E-state index in [1.54, 1.807) is 37.3 Å². The summed E-state index contributed by atoms with van der Waals surface area (Å²) in [4.78, 5) is 24.4.